The van der Waals surface area contributed by atoms with Crippen molar-refractivity contribution in [2.45, 2.75) is 30.5 Å². The lowest BCUT2D eigenvalue weighted by molar-refractivity contribution is -0.0504. The lowest BCUT2D eigenvalue weighted by Gasteiger charge is -2.34. The fourth-order valence-corrected chi connectivity index (χ4v) is 4.81. The molecule has 0 spiro atoms. The molecule has 0 bridgehead atoms. The Morgan fingerprint density at radius 3 is 1.86 bits per heavy atom. The zero-order valence-electron chi connectivity index (χ0n) is 18.4. The highest BCUT2D eigenvalue weighted by Crippen LogP contribution is 2.50. The Kier molecular flexibility index (Phi) is 5.53. The van der Waals surface area contributed by atoms with Crippen molar-refractivity contribution >= 4 is 31.1 Å². The van der Waals surface area contributed by atoms with Gasteiger partial charge in [0.25, 0.3) is 0 Å². The molecular formula is C20H15F6NO7S2. The summed E-state index contributed by atoms with van der Waals surface area (Å²) in [6.07, 6.45) is 0. The number of hydrogen-bond donors (Lipinski definition) is 0. The zero-order chi connectivity index (χ0) is 27.1. The number of hydrogen-bond acceptors (Lipinski definition) is 7. The van der Waals surface area contributed by atoms with Crippen molar-refractivity contribution < 1.29 is 56.3 Å². The average Bonchev–Trinajstić information content (AvgIpc) is 2.98. The third-order valence-corrected chi connectivity index (χ3v) is 7.28. The van der Waals surface area contributed by atoms with Crippen molar-refractivity contribution in [1.29, 1.82) is 0 Å². The Labute approximate surface area is 200 Å². The van der Waals surface area contributed by atoms with Gasteiger partial charge in [0.15, 0.2) is 0 Å². The van der Waals surface area contributed by atoms with Crippen LogP contribution in [-0.4, -0.2) is 32.4 Å². The van der Waals surface area contributed by atoms with Gasteiger partial charge in [-0.1, -0.05) is 0 Å². The van der Waals surface area contributed by atoms with Crippen LogP contribution in [0.2, 0.25) is 0 Å². The average molecular weight is 559 g/mol. The van der Waals surface area contributed by atoms with Gasteiger partial charge in [-0.25, -0.2) is 0 Å². The summed E-state index contributed by atoms with van der Waals surface area (Å²) in [6.45, 7) is 3.10. The van der Waals surface area contributed by atoms with E-state index in [9.17, 15) is 43.2 Å². The third kappa shape index (κ3) is 4.11. The Hall–Kier alpha value is -3.14. The van der Waals surface area contributed by atoms with Gasteiger partial charge in [-0.3, -0.25) is 0 Å². The van der Waals surface area contributed by atoms with Gasteiger partial charge in [-0.15, -0.1) is 0 Å². The van der Waals surface area contributed by atoms with Gasteiger partial charge < -0.3 is 17.7 Å². The molecule has 0 unspecified atom stereocenters. The predicted octanol–water partition coefficient (Wildman–Crippen LogP) is 4.93. The van der Waals surface area contributed by atoms with Crippen molar-refractivity contribution in [2.75, 3.05) is 0 Å². The summed E-state index contributed by atoms with van der Waals surface area (Å²) in [7, 11) is -10.3. The minimum absolute atomic E-state index is 0.0237. The number of benzene rings is 2. The smallest absolute Gasteiger partial charge is 0.482 e. The number of rotatable bonds is 4. The maximum Gasteiger partial charge on any atom is 0.534 e. The molecule has 1 aliphatic rings. The Bertz CT molecular complexity index is 1600. The highest BCUT2D eigenvalue weighted by atomic mass is 32.2. The molecule has 1 aliphatic heterocycles. The van der Waals surface area contributed by atoms with Gasteiger partial charge in [-0.05, 0) is 44.2 Å². The van der Waals surface area contributed by atoms with E-state index < -0.39 is 48.4 Å². The van der Waals surface area contributed by atoms with Crippen molar-refractivity contribution in [3.8, 4) is 28.5 Å². The maximum absolute atomic E-state index is 12.8. The molecule has 0 saturated heterocycles. The molecule has 2 heterocycles. The second-order valence-electron chi connectivity index (χ2n) is 8.20. The quantitative estimate of drug-likeness (QED) is 0.254. The van der Waals surface area contributed by atoms with Crippen LogP contribution in [0.5, 0.6) is 17.2 Å². The molecule has 16 heteroatoms. The van der Waals surface area contributed by atoms with Crippen molar-refractivity contribution in [2.24, 2.45) is 7.05 Å². The molecule has 0 aliphatic carbocycles. The van der Waals surface area contributed by atoms with E-state index >= 15 is 0 Å². The van der Waals surface area contributed by atoms with Gasteiger partial charge in [-0.2, -0.15) is 43.2 Å². The molecule has 4 rings (SSSR count). The second-order valence-corrected chi connectivity index (χ2v) is 11.3. The lowest BCUT2D eigenvalue weighted by atomic mass is 9.89. The molecule has 0 atom stereocenters. The SMILES string of the molecule is Cn1c2c(c3cc(OS(=O)(=O)C(F)(F)F)ccc31)C(C)(C)Oc1cc(OS(=O)(=O)C(F)(F)F)ccc1-2. The van der Waals surface area contributed by atoms with E-state index in [1.54, 1.807) is 25.5 Å². The minimum atomic E-state index is -5.93. The highest BCUT2D eigenvalue weighted by Gasteiger charge is 2.49. The monoisotopic (exact) mass is 559 g/mol. The van der Waals surface area contributed by atoms with E-state index in [4.69, 9.17) is 4.74 Å². The molecule has 0 saturated carbocycles. The van der Waals surface area contributed by atoms with Gasteiger partial charge >= 0.3 is 31.3 Å². The molecule has 36 heavy (non-hydrogen) atoms. The van der Waals surface area contributed by atoms with Crippen molar-refractivity contribution in [1.82, 2.24) is 4.57 Å². The molecule has 1 aromatic heterocycles. The van der Waals surface area contributed by atoms with Crippen LogP contribution in [0.25, 0.3) is 22.2 Å². The van der Waals surface area contributed by atoms with E-state index in [0.717, 1.165) is 24.3 Å². The number of halogens is 6. The first-order chi connectivity index (χ1) is 16.3. The van der Waals surface area contributed by atoms with E-state index in [0.29, 0.717) is 22.3 Å². The summed E-state index contributed by atoms with van der Waals surface area (Å²) in [6, 6.07) is 6.67. The zero-order valence-corrected chi connectivity index (χ0v) is 20.0. The highest BCUT2D eigenvalue weighted by molar-refractivity contribution is 7.88. The fraction of sp³-hybridized carbons (Fsp3) is 0.300. The molecule has 2 aromatic carbocycles. The van der Waals surface area contributed by atoms with Gasteiger partial charge in [0.1, 0.15) is 22.8 Å². The van der Waals surface area contributed by atoms with Crippen LogP contribution >= 0.6 is 0 Å². The van der Waals surface area contributed by atoms with Crippen LogP contribution in [0.1, 0.15) is 19.4 Å². The Morgan fingerprint density at radius 1 is 0.833 bits per heavy atom. The Balaban J connectivity index is 1.86. The first-order valence-corrected chi connectivity index (χ1v) is 12.5. The number of aromatic nitrogens is 1. The number of nitrogens with zero attached hydrogens (tertiary/aromatic N) is 1. The topological polar surface area (TPSA) is 101 Å². The molecule has 0 amide bonds. The second kappa shape index (κ2) is 7.68. The first-order valence-electron chi connectivity index (χ1n) is 9.73. The van der Waals surface area contributed by atoms with Gasteiger partial charge in [0, 0.05) is 35.1 Å². The largest absolute Gasteiger partial charge is 0.534 e. The van der Waals surface area contributed by atoms with Crippen LogP contribution in [0.4, 0.5) is 26.3 Å². The minimum Gasteiger partial charge on any atom is -0.482 e. The van der Waals surface area contributed by atoms with Gasteiger partial charge in [0.2, 0.25) is 0 Å². The van der Waals surface area contributed by atoms with E-state index in [-0.39, 0.29) is 11.1 Å². The lowest BCUT2D eigenvalue weighted by Crippen LogP contribution is -2.30. The number of ether oxygens (including phenoxy) is 1. The first kappa shape index (κ1) is 25.9. The molecule has 0 N–H and O–H groups in total. The van der Waals surface area contributed by atoms with Crippen LogP contribution in [-0.2, 0) is 32.9 Å². The number of fused-ring (bicyclic) bond motifs is 5. The summed E-state index contributed by atoms with van der Waals surface area (Å²) < 4.78 is 138. The van der Waals surface area contributed by atoms with Crippen LogP contribution < -0.4 is 13.1 Å². The molecule has 0 fully saturated rings. The van der Waals surface area contributed by atoms with Crippen LogP contribution in [0, 0.1) is 0 Å². The summed E-state index contributed by atoms with van der Waals surface area (Å²) in [5.74, 6) is -1.28. The molecule has 3 aromatic rings. The summed E-state index contributed by atoms with van der Waals surface area (Å²) in [5, 5.41) is 0.290. The normalized spacial score (nSPS) is 15.7. The van der Waals surface area contributed by atoms with Crippen molar-refractivity contribution in [3.05, 3.63) is 42.0 Å². The van der Waals surface area contributed by atoms with E-state index in [2.05, 4.69) is 8.37 Å². The van der Waals surface area contributed by atoms with Crippen LogP contribution in [0.15, 0.2) is 36.4 Å². The molecule has 196 valence electrons. The molecule has 8 nitrogen and oxygen atoms in total. The molecule has 0 radical (unpaired) electrons. The summed E-state index contributed by atoms with van der Waals surface area (Å²) in [5.41, 5.74) is -10.9. The van der Waals surface area contributed by atoms with Crippen LogP contribution in [0.3, 0.4) is 0 Å². The van der Waals surface area contributed by atoms with E-state index in [1.165, 1.54) is 12.1 Å². The standard InChI is InChI=1S/C20H15F6NO7S2/c1-18(2)16-13-8-10(33-35(28,29)19(21,22)23)5-7-14(13)27(3)17(16)12-6-4-11(9-15(12)32-18)34-36(30,31)20(24,25)26/h4-9H,1-3H3. The van der Waals surface area contributed by atoms with Gasteiger partial charge in [0.05, 0.1) is 5.69 Å². The summed E-state index contributed by atoms with van der Waals surface area (Å²) in [4.78, 5) is 0. The van der Waals surface area contributed by atoms with E-state index in [1.807, 2.05) is 0 Å². The van der Waals surface area contributed by atoms with Crippen molar-refractivity contribution in [3.63, 3.8) is 0 Å². The Morgan fingerprint density at radius 2 is 1.33 bits per heavy atom. The summed E-state index contributed by atoms with van der Waals surface area (Å²) >= 11 is 0. The predicted molar refractivity (Wildman–Crippen MR) is 113 cm³/mol. The number of aryl methyl sites for hydroxylation is 1. The maximum atomic E-state index is 12.8. The third-order valence-electron chi connectivity index (χ3n) is 5.33. The number of alkyl halides is 6. The molecular weight excluding hydrogens is 544 g/mol. The fourth-order valence-electron chi connectivity index (χ4n) is 3.91.